The van der Waals surface area contributed by atoms with Gasteiger partial charge in [-0.15, -0.1) is 0 Å². The van der Waals surface area contributed by atoms with Crippen molar-refractivity contribution >= 4 is 40.8 Å². The first-order chi connectivity index (χ1) is 11.4. The van der Waals surface area contributed by atoms with Crippen molar-refractivity contribution < 1.29 is 14.8 Å². The van der Waals surface area contributed by atoms with Gasteiger partial charge in [-0.05, 0) is 24.3 Å². The highest BCUT2D eigenvalue weighted by atomic mass is 35.5. The third kappa shape index (κ3) is 3.99. The number of nitrogens with one attached hydrogen (secondary N) is 2. The first kappa shape index (κ1) is 17.2. The SMILES string of the molecule is CNc1ccc(/C=N\Nc2ccc(Cl)c(C(=O)O)c2)cc1[N+](=O)[O-]. The highest BCUT2D eigenvalue weighted by molar-refractivity contribution is 6.33. The van der Waals surface area contributed by atoms with Crippen molar-refractivity contribution in [2.45, 2.75) is 0 Å². The zero-order chi connectivity index (χ0) is 17.7. The Balaban J connectivity index is 2.18. The van der Waals surface area contributed by atoms with Gasteiger partial charge in [0.1, 0.15) is 5.69 Å². The maximum atomic E-state index is 11.0. The zero-order valence-corrected chi connectivity index (χ0v) is 13.2. The third-order valence-corrected chi connectivity index (χ3v) is 3.42. The minimum absolute atomic E-state index is 0.0501. The third-order valence-electron chi connectivity index (χ3n) is 3.09. The van der Waals surface area contributed by atoms with Crippen LogP contribution in [-0.2, 0) is 0 Å². The Morgan fingerprint density at radius 1 is 1.33 bits per heavy atom. The number of hydrogen-bond acceptors (Lipinski definition) is 6. The maximum absolute atomic E-state index is 11.0. The summed E-state index contributed by atoms with van der Waals surface area (Å²) in [5.41, 5.74) is 3.87. The number of rotatable bonds is 6. The van der Waals surface area contributed by atoms with Crippen molar-refractivity contribution in [2.24, 2.45) is 5.10 Å². The molecule has 0 amide bonds. The molecular weight excluding hydrogens is 336 g/mol. The number of halogens is 1. The van der Waals surface area contributed by atoms with Crippen LogP contribution in [0.1, 0.15) is 15.9 Å². The van der Waals surface area contributed by atoms with Crippen molar-refractivity contribution in [3.63, 3.8) is 0 Å². The first-order valence-electron chi connectivity index (χ1n) is 6.70. The molecule has 24 heavy (non-hydrogen) atoms. The molecule has 0 spiro atoms. The Morgan fingerprint density at radius 2 is 2.08 bits per heavy atom. The summed E-state index contributed by atoms with van der Waals surface area (Å²) in [5.74, 6) is -1.15. The lowest BCUT2D eigenvalue weighted by Gasteiger charge is -2.04. The van der Waals surface area contributed by atoms with Crippen LogP contribution < -0.4 is 10.7 Å². The number of hydrogen-bond donors (Lipinski definition) is 3. The average molecular weight is 349 g/mol. The van der Waals surface area contributed by atoms with E-state index in [0.717, 1.165) is 0 Å². The number of carboxylic acids is 1. The highest BCUT2D eigenvalue weighted by Crippen LogP contribution is 2.24. The molecule has 0 aliphatic carbocycles. The number of nitrogens with zero attached hydrogens (tertiary/aromatic N) is 2. The highest BCUT2D eigenvalue weighted by Gasteiger charge is 2.12. The molecule has 9 heteroatoms. The number of aromatic carboxylic acids is 1. The zero-order valence-electron chi connectivity index (χ0n) is 12.5. The van der Waals surface area contributed by atoms with Gasteiger partial charge < -0.3 is 10.4 Å². The van der Waals surface area contributed by atoms with Gasteiger partial charge in [0.2, 0.25) is 0 Å². The minimum Gasteiger partial charge on any atom is -0.478 e. The molecule has 0 fully saturated rings. The Bertz CT molecular complexity index is 823. The Morgan fingerprint density at radius 3 is 2.71 bits per heavy atom. The van der Waals surface area contributed by atoms with E-state index in [1.54, 1.807) is 25.2 Å². The Hall–Kier alpha value is -3.13. The topological polar surface area (TPSA) is 117 Å². The van der Waals surface area contributed by atoms with Crippen LogP contribution in [0, 0.1) is 10.1 Å². The molecule has 0 heterocycles. The summed E-state index contributed by atoms with van der Waals surface area (Å²) in [6.07, 6.45) is 1.39. The van der Waals surface area contributed by atoms with Gasteiger partial charge in [0.05, 0.1) is 27.4 Å². The van der Waals surface area contributed by atoms with Crippen LogP contribution in [0.5, 0.6) is 0 Å². The van der Waals surface area contributed by atoms with E-state index in [1.807, 2.05) is 0 Å². The summed E-state index contributed by atoms with van der Waals surface area (Å²) >= 11 is 5.78. The van der Waals surface area contributed by atoms with Crippen LogP contribution in [0.25, 0.3) is 0 Å². The number of nitro benzene ring substituents is 1. The van der Waals surface area contributed by atoms with Crippen LogP contribution >= 0.6 is 11.6 Å². The molecule has 124 valence electrons. The molecule has 2 rings (SSSR count). The number of carboxylic acid groups (broad SMARTS) is 1. The van der Waals surface area contributed by atoms with Crippen LogP contribution in [-0.4, -0.2) is 29.3 Å². The van der Waals surface area contributed by atoms with E-state index < -0.39 is 10.9 Å². The summed E-state index contributed by atoms with van der Waals surface area (Å²) in [7, 11) is 1.60. The van der Waals surface area contributed by atoms with E-state index in [9.17, 15) is 14.9 Å². The molecule has 0 saturated carbocycles. The molecule has 2 aromatic rings. The van der Waals surface area contributed by atoms with E-state index in [1.165, 1.54) is 24.4 Å². The molecule has 0 aliphatic rings. The summed E-state index contributed by atoms with van der Waals surface area (Å²) in [5, 5.41) is 26.8. The van der Waals surface area contributed by atoms with Gasteiger partial charge in [0.25, 0.3) is 5.69 Å². The number of anilines is 2. The van der Waals surface area contributed by atoms with Crippen molar-refractivity contribution in [3.05, 3.63) is 62.7 Å². The fourth-order valence-electron chi connectivity index (χ4n) is 1.93. The summed E-state index contributed by atoms with van der Waals surface area (Å²) in [6.45, 7) is 0. The Labute approximate surface area is 141 Å². The maximum Gasteiger partial charge on any atom is 0.337 e. The van der Waals surface area contributed by atoms with Gasteiger partial charge in [-0.3, -0.25) is 15.5 Å². The number of nitro groups is 1. The molecule has 2 aromatic carbocycles. The minimum atomic E-state index is -1.15. The van der Waals surface area contributed by atoms with E-state index in [-0.39, 0.29) is 16.3 Å². The van der Waals surface area contributed by atoms with Crippen LogP contribution in [0.4, 0.5) is 17.1 Å². The fourth-order valence-corrected chi connectivity index (χ4v) is 2.13. The van der Waals surface area contributed by atoms with Gasteiger partial charge in [-0.2, -0.15) is 5.10 Å². The normalized spacial score (nSPS) is 10.6. The molecule has 0 radical (unpaired) electrons. The molecular formula is C15H13ClN4O4. The van der Waals surface area contributed by atoms with Gasteiger partial charge >= 0.3 is 5.97 Å². The van der Waals surface area contributed by atoms with Gasteiger partial charge in [-0.1, -0.05) is 17.7 Å². The van der Waals surface area contributed by atoms with E-state index in [2.05, 4.69) is 15.8 Å². The number of carbonyl (C=O) groups is 1. The van der Waals surface area contributed by atoms with Crippen molar-refractivity contribution in [3.8, 4) is 0 Å². The molecule has 8 nitrogen and oxygen atoms in total. The van der Waals surface area contributed by atoms with Crippen molar-refractivity contribution in [2.75, 3.05) is 17.8 Å². The average Bonchev–Trinajstić information content (AvgIpc) is 2.56. The number of benzene rings is 2. The largest absolute Gasteiger partial charge is 0.478 e. The Kier molecular flexibility index (Phi) is 5.33. The number of hydrazone groups is 1. The predicted octanol–water partition coefficient (Wildman–Crippen LogP) is 3.43. The van der Waals surface area contributed by atoms with E-state index >= 15 is 0 Å². The van der Waals surface area contributed by atoms with Gasteiger partial charge in [0.15, 0.2) is 0 Å². The first-order valence-corrected chi connectivity index (χ1v) is 7.08. The lowest BCUT2D eigenvalue weighted by molar-refractivity contribution is -0.383. The second kappa shape index (κ2) is 7.42. The smallest absolute Gasteiger partial charge is 0.337 e. The van der Waals surface area contributed by atoms with Crippen LogP contribution in [0.2, 0.25) is 5.02 Å². The van der Waals surface area contributed by atoms with E-state index in [0.29, 0.717) is 16.9 Å². The molecule has 0 aliphatic heterocycles. The van der Waals surface area contributed by atoms with Crippen molar-refractivity contribution in [1.82, 2.24) is 0 Å². The lowest BCUT2D eigenvalue weighted by atomic mass is 10.2. The monoisotopic (exact) mass is 348 g/mol. The summed E-state index contributed by atoms with van der Waals surface area (Å²) < 4.78 is 0. The predicted molar refractivity (Wildman–Crippen MR) is 92.3 cm³/mol. The quantitative estimate of drug-likeness (QED) is 0.418. The molecule has 3 N–H and O–H groups in total. The van der Waals surface area contributed by atoms with Gasteiger partial charge in [0, 0.05) is 18.7 Å². The second-order valence-corrected chi connectivity index (χ2v) is 5.06. The summed E-state index contributed by atoms with van der Waals surface area (Å²) in [6, 6.07) is 8.96. The molecule has 0 saturated heterocycles. The van der Waals surface area contributed by atoms with Gasteiger partial charge in [-0.25, -0.2) is 4.79 Å². The van der Waals surface area contributed by atoms with Crippen LogP contribution in [0.3, 0.4) is 0 Å². The lowest BCUT2D eigenvalue weighted by Crippen LogP contribution is -2.00. The van der Waals surface area contributed by atoms with E-state index in [4.69, 9.17) is 16.7 Å². The second-order valence-electron chi connectivity index (χ2n) is 4.65. The molecule has 0 unspecified atom stereocenters. The van der Waals surface area contributed by atoms with Crippen molar-refractivity contribution in [1.29, 1.82) is 0 Å². The fraction of sp³-hybridized carbons (Fsp3) is 0.0667. The van der Waals surface area contributed by atoms with Crippen LogP contribution in [0.15, 0.2) is 41.5 Å². The summed E-state index contributed by atoms with van der Waals surface area (Å²) in [4.78, 5) is 21.5. The standard InChI is InChI=1S/C15H13ClN4O4/c1-17-13-5-2-9(6-14(13)20(23)24)8-18-19-10-3-4-12(16)11(7-10)15(21)22/h2-8,17,19H,1H3,(H,21,22)/b18-8-. The molecule has 0 bridgehead atoms. The molecule has 0 atom stereocenters. The molecule has 0 aromatic heterocycles.